The number of rotatable bonds is 4. The standard InChI is InChI=1S/C18H22N4O4/c1-26-17(24)6-5-16(23)21-7-2-8-22(10-9-21)18(25)13-3-4-14-15(11-13)20-12-19-14/h3-4,11-12H,2,5-10H2,1H3,(H,19,20). The van der Waals surface area contributed by atoms with Crippen molar-refractivity contribution < 1.29 is 19.1 Å². The Balaban J connectivity index is 1.59. The number of carbonyl (C=O) groups is 3. The molecule has 1 saturated heterocycles. The molecule has 1 aromatic carbocycles. The Kier molecular flexibility index (Phi) is 5.50. The number of carbonyl (C=O) groups excluding carboxylic acids is 3. The smallest absolute Gasteiger partial charge is 0.306 e. The average Bonchev–Trinajstić information content (AvgIpc) is 2.99. The van der Waals surface area contributed by atoms with Crippen molar-refractivity contribution in [1.29, 1.82) is 0 Å². The van der Waals surface area contributed by atoms with Crippen LogP contribution in [-0.2, 0) is 14.3 Å². The maximum atomic E-state index is 12.8. The molecule has 2 heterocycles. The normalized spacial score (nSPS) is 15.0. The number of hydrogen-bond acceptors (Lipinski definition) is 5. The van der Waals surface area contributed by atoms with E-state index in [4.69, 9.17) is 0 Å². The largest absolute Gasteiger partial charge is 0.469 e. The summed E-state index contributed by atoms with van der Waals surface area (Å²) in [6.07, 6.45) is 2.53. The third-order valence-electron chi connectivity index (χ3n) is 4.57. The SMILES string of the molecule is COC(=O)CCC(=O)N1CCCN(C(=O)c2ccc3nc[nH]c3c2)CC1. The van der Waals surface area contributed by atoms with Crippen LogP contribution >= 0.6 is 0 Å². The number of hydrogen-bond donors (Lipinski definition) is 1. The van der Waals surface area contributed by atoms with Crippen LogP contribution in [0.2, 0.25) is 0 Å². The molecule has 1 aromatic heterocycles. The number of ether oxygens (including phenoxy) is 1. The minimum Gasteiger partial charge on any atom is -0.469 e. The van der Waals surface area contributed by atoms with Gasteiger partial charge in [0.2, 0.25) is 5.91 Å². The number of amides is 2. The Morgan fingerprint density at radius 1 is 1.12 bits per heavy atom. The van der Waals surface area contributed by atoms with Crippen molar-refractivity contribution in [3.8, 4) is 0 Å². The second kappa shape index (κ2) is 7.99. The van der Waals surface area contributed by atoms with E-state index in [1.165, 1.54) is 7.11 Å². The van der Waals surface area contributed by atoms with E-state index in [0.29, 0.717) is 38.2 Å². The van der Waals surface area contributed by atoms with Gasteiger partial charge in [0.1, 0.15) is 0 Å². The van der Waals surface area contributed by atoms with Gasteiger partial charge in [0.25, 0.3) is 5.91 Å². The first-order valence-electron chi connectivity index (χ1n) is 8.65. The number of nitrogens with zero attached hydrogens (tertiary/aromatic N) is 3. The zero-order valence-corrected chi connectivity index (χ0v) is 14.7. The topological polar surface area (TPSA) is 95.6 Å². The zero-order valence-electron chi connectivity index (χ0n) is 14.7. The van der Waals surface area contributed by atoms with Crippen molar-refractivity contribution in [3.05, 3.63) is 30.1 Å². The molecule has 26 heavy (non-hydrogen) atoms. The van der Waals surface area contributed by atoms with Crippen molar-refractivity contribution in [2.75, 3.05) is 33.3 Å². The second-order valence-electron chi connectivity index (χ2n) is 6.24. The lowest BCUT2D eigenvalue weighted by Gasteiger charge is -2.22. The Morgan fingerprint density at radius 3 is 2.69 bits per heavy atom. The van der Waals surface area contributed by atoms with Crippen LogP contribution in [0.25, 0.3) is 11.0 Å². The number of esters is 1. The first-order chi connectivity index (χ1) is 12.6. The predicted octanol–water partition coefficient (Wildman–Crippen LogP) is 1.19. The first-order valence-corrected chi connectivity index (χ1v) is 8.65. The van der Waals surface area contributed by atoms with E-state index in [0.717, 1.165) is 11.0 Å². The maximum Gasteiger partial charge on any atom is 0.306 e. The van der Waals surface area contributed by atoms with Crippen LogP contribution in [0.1, 0.15) is 29.6 Å². The van der Waals surface area contributed by atoms with E-state index < -0.39 is 0 Å². The van der Waals surface area contributed by atoms with Crippen LogP contribution in [0.5, 0.6) is 0 Å². The van der Waals surface area contributed by atoms with Crippen LogP contribution in [0, 0.1) is 0 Å². The minimum absolute atomic E-state index is 0.0506. The third kappa shape index (κ3) is 4.01. The van der Waals surface area contributed by atoms with E-state index >= 15 is 0 Å². The number of aromatic nitrogens is 2. The van der Waals surface area contributed by atoms with E-state index in [1.807, 2.05) is 6.07 Å². The lowest BCUT2D eigenvalue weighted by atomic mass is 10.1. The monoisotopic (exact) mass is 358 g/mol. The highest BCUT2D eigenvalue weighted by Gasteiger charge is 2.23. The van der Waals surface area contributed by atoms with Gasteiger partial charge < -0.3 is 19.5 Å². The van der Waals surface area contributed by atoms with Crippen molar-refractivity contribution in [1.82, 2.24) is 19.8 Å². The van der Waals surface area contributed by atoms with E-state index in [1.54, 1.807) is 28.3 Å². The van der Waals surface area contributed by atoms with Gasteiger partial charge in [-0.25, -0.2) is 4.98 Å². The highest BCUT2D eigenvalue weighted by Crippen LogP contribution is 2.15. The van der Waals surface area contributed by atoms with Crippen molar-refractivity contribution in [3.63, 3.8) is 0 Å². The molecule has 0 unspecified atom stereocenters. The van der Waals surface area contributed by atoms with Gasteiger partial charge in [-0.05, 0) is 24.6 Å². The molecule has 2 aromatic rings. The van der Waals surface area contributed by atoms with Gasteiger partial charge >= 0.3 is 5.97 Å². The molecule has 0 spiro atoms. The van der Waals surface area contributed by atoms with Crippen molar-refractivity contribution in [2.45, 2.75) is 19.3 Å². The number of aromatic amines is 1. The summed E-state index contributed by atoms with van der Waals surface area (Å²) in [6, 6.07) is 5.39. The Morgan fingerprint density at radius 2 is 1.88 bits per heavy atom. The summed E-state index contributed by atoms with van der Waals surface area (Å²) in [5.74, 6) is -0.520. The second-order valence-corrected chi connectivity index (χ2v) is 6.24. The quantitative estimate of drug-likeness (QED) is 0.829. The van der Waals surface area contributed by atoms with Gasteiger partial charge in [0, 0.05) is 38.2 Å². The Bertz CT molecular complexity index is 816. The molecule has 1 N–H and O–H groups in total. The summed E-state index contributed by atoms with van der Waals surface area (Å²) in [5.41, 5.74) is 2.25. The number of H-pyrrole nitrogens is 1. The zero-order chi connectivity index (χ0) is 18.5. The molecule has 0 aliphatic carbocycles. The molecule has 1 aliphatic rings. The average molecular weight is 358 g/mol. The molecule has 0 saturated carbocycles. The predicted molar refractivity (Wildman–Crippen MR) is 94.4 cm³/mol. The summed E-state index contributed by atoms with van der Waals surface area (Å²) in [5, 5.41) is 0. The fourth-order valence-corrected chi connectivity index (χ4v) is 3.09. The van der Waals surface area contributed by atoms with E-state index in [-0.39, 0.29) is 30.6 Å². The number of fused-ring (bicyclic) bond motifs is 1. The van der Waals surface area contributed by atoms with Gasteiger partial charge in [-0.15, -0.1) is 0 Å². The first kappa shape index (κ1) is 17.9. The molecular formula is C18H22N4O4. The van der Waals surface area contributed by atoms with E-state index in [9.17, 15) is 14.4 Å². The molecule has 8 nitrogen and oxygen atoms in total. The molecule has 1 aliphatic heterocycles. The number of imidazole rings is 1. The molecule has 1 fully saturated rings. The van der Waals surface area contributed by atoms with E-state index in [2.05, 4.69) is 14.7 Å². The van der Waals surface area contributed by atoms with Gasteiger partial charge in [-0.3, -0.25) is 14.4 Å². The van der Waals surface area contributed by atoms with Crippen LogP contribution in [0.4, 0.5) is 0 Å². The molecule has 0 bridgehead atoms. The van der Waals surface area contributed by atoms with Crippen LogP contribution < -0.4 is 0 Å². The fraction of sp³-hybridized carbons (Fsp3) is 0.444. The fourth-order valence-electron chi connectivity index (χ4n) is 3.09. The highest BCUT2D eigenvalue weighted by atomic mass is 16.5. The lowest BCUT2D eigenvalue weighted by Crippen LogP contribution is -2.37. The summed E-state index contributed by atoms with van der Waals surface area (Å²) in [4.78, 5) is 46.8. The number of benzene rings is 1. The molecule has 2 amide bonds. The van der Waals surface area contributed by atoms with Crippen LogP contribution in [0.15, 0.2) is 24.5 Å². The summed E-state index contributed by atoms with van der Waals surface area (Å²) in [7, 11) is 1.31. The molecule has 138 valence electrons. The maximum absolute atomic E-state index is 12.8. The van der Waals surface area contributed by atoms with Gasteiger partial charge in [-0.2, -0.15) is 0 Å². The van der Waals surface area contributed by atoms with Crippen LogP contribution in [0.3, 0.4) is 0 Å². The summed E-state index contributed by atoms with van der Waals surface area (Å²) >= 11 is 0. The number of methoxy groups -OCH3 is 1. The molecule has 0 atom stereocenters. The van der Waals surface area contributed by atoms with Crippen molar-refractivity contribution in [2.24, 2.45) is 0 Å². The Hall–Kier alpha value is -2.90. The summed E-state index contributed by atoms with van der Waals surface area (Å²) in [6.45, 7) is 2.13. The molecule has 0 radical (unpaired) electrons. The molecular weight excluding hydrogens is 336 g/mol. The third-order valence-corrected chi connectivity index (χ3v) is 4.57. The highest BCUT2D eigenvalue weighted by molar-refractivity contribution is 5.97. The molecule has 8 heteroatoms. The lowest BCUT2D eigenvalue weighted by molar-refractivity contribution is -0.143. The van der Waals surface area contributed by atoms with Gasteiger partial charge in [0.15, 0.2) is 0 Å². The van der Waals surface area contributed by atoms with Crippen molar-refractivity contribution >= 4 is 28.8 Å². The van der Waals surface area contributed by atoms with Gasteiger partial charge in [0.05, 0.1) is 30.9 Å². The summed E-state index contributed by atoms with van der Waals surface area (Å²) < 4.78 is 4.57. The Labute approximate surface area is 151 Å². The minimum atomic E-state index is -0.390. The molecule has 3 rings (SSSR count). The number of nitrogens with one attached hydrogen (secondary N) is 1. The van der Waals surface area contributed by atoms with Gasteiger partial charge in [-0.1, -0.05) is 0 Å². The van der Waals surface area contributed by atoms with Crippen LogP contribution in [-0.4, -0.2) is 70.8 Å².